The first kappa shape index (κ1) is 22.4. The Bertz CT molecular complexity index is 968. The molecule has 2 aliphatic rings. The molecule has 0 bridgehead atoms. The number of nitro benzene ring substituents is 1. The van der Waals surface area contributed by atoms with E-state index in [0.29, 0.717) is 5.75 Å². The van der Waals surface area contributed by atoms with Gasteiger partial charge in [0.1, 0.15) is 0 Å². The molecule has 0 radical (unpaired) electrons. The molecule has 2 heterocycles. The third-order valence-electron chi connectivity index (χ3n) is 4.78. The summed E-state index contributed by atoms with van der Waals surface area (Å²) in [4.78, 5) is 14.9. The standard InChI is InChI=1S/C19H19N3O3Se.2ClH/c1-12-9-16-18(11-15(12)20(2)3)26-19(21(16)4)8-7-13-10-14(22(23)24)5-6-17(13)25-19;;/h5-11H,1-4H3;2*1H. The van der Waals surface area contributed by atoms with Crippen LogP contribution in [0.2, 0.25) is 0 Å². The van der Waals surface area contributed by atoms with Gasteiger partial charge in [0.25, 0.3) is 0 Å². The van der Waals surface area contributed by atoms with Crippen molar-refractivity contribution in [2.45, 2.75) is 11.5 Å². The number of benzene rings is 2. The summed E-state index contributed by atoms with van der Waals surface area (Å²) in [6.45, 7) is 2.12. The first-order valence-corrected chi connectivity index (χ1v) is 9.93. The van der Waals surface area contributed by atoms with Gasteiger partial charge in [0.05, 0.1) is 0 Å². The quantitative estimate of drug-likeness (QED) is 0.368. The first-order chi connectivity index (χ1) is 12.3. The number of fused-ring (bicyclic) bond motifs is 2. The van der Waals surface area contributed by atoms with Gasteiger partial charge in [-0.3, -0.25) is 0 Å². The van der Waals surface area contributed by atoms with Crippen LogP contribution in [0.4, 0.5) is 17.1 Å². The Labute approximate surface area is 182 Å². The summed E-state index contributed by atoms with van der Waals surface area (Å²) in [6, 6.07) is 9.21. The molecule has 2 aliphatic heterocycles. The van der Waals surface area contributed by atoms with E-state index in [1.807, 2.05) is 19.2 Å². The van der Waals surface area contributed by atoms with Crippen LogP contribution in [0, 0.1) is 17.0 Å². The van der Waals surface area contributed by atoms with Crippen molar-refractivity contribution in [3.8, 4) is 5.75 Å². The van der Waals surface area contributed by atoms with E-state index in [4.69, 9.17) is 4.74 Å². The molecule has 1 atom stereocenters. The summed E-state index contributed by atoms with van der Waals surface area (Å²) in [5.74, 6) is 0.684. The predicted octanol–water partition coefficient (Wildman–Crippen LogP) is 3.35. The van der Waals surface area contributed by atoms with Gasteiger partial charge in [-0.25, -0.2) is 0 Å². The molecule has 0 aliphatic carbocycles. The van der Waals surface area contributed by atoms with Crippen molar-refractivity contribution < 1.29 is 9.66 Å². The molecule has 4 rings (SSSR count). The van der Waals surface area contributed by atoms with Gasteiger partial charge in [-0.2, -0.15) is 0 Å². The maximum absolute atomic E-state index is 11.0. The van der Waals surface area contributed by atoms with E-state index in [0.717, 1.165) is 5.56 Å². The van der Waals surface area contributed by atoms with Crippen LogP contribution in [0.5, 0.6) is 5.75 Å². The molecule has 0 N–H and O–H groups in total. The molecule has 2 aromatic carbocycles. The number of nitro groups is 1. The van der Waals surface area contributed by atoms with Crippen LogP contribution < -0.4 is 19.0 Å². The second-order valence-corrected chi connectivity index (χ2v) is 9.29. The summed E-state index contributed by atoms with van der Waals surface area (Å²) < 4.78 is 7.14. The van der Waals surface area contributed by atoms with Crippen molar-refractivity contribution in [2.24, 2.45) is 0 Å². The minimum atomic E-state index is -0.532. The van der Waals surface area contributed by atoms with Crippen molar-refractivity contribution >= 4 is 67.4 Å². The minimum absolute atomic E-state index is 0. The third kappa shape index (κ3) is 3.44. The topological polar surface area (TPSA) is 58.9 Å². The monoisotopic (exact) mass is 489 g/mol. The molecule has 1 spiro atoms. The average Bonchev–Trinajstić information content (AvgIpc) is 2.85. The zero-order valence-corrected chi connectivity index (χ0v) is 19.2. The van der Waals surface area contributed by atoms with Crippen molar-refractivity contribution in [1.29, 1.82) is 0 Å². The first-order valence-electron chi connectivity index (χ1n) is 8.22. The van der Waals surface area contributed by atoms with Gasteiger partial charge in [-0.05, 0) is 0 Å². The van der Waals surface area contributed by atoms with Crippen LogP contribution in [-0.2, 0) is 0 Å². The number of rotatable bonds is 2. The van der Waals surface area contributed by atoms with Crippen molar-refractivity contribution in [3.05, 3.63) is 57.6 Å². The van der Waals surface area contributed by atoms with Gasteiger partial charge in [-0.15, -0.1) is 24.8 Å². The summed E-state index contributed by atoms with van der Waals surface area (Å²) in [5, 5.41) is 11.0. The van der Waals surface area contributed by atoms with Gasteiger partial charge in [0, 0.05) is 0 Å². The molecule has 0 amide bonds. The van der Waals surface area contributed by atoms with Crippen LogP contribution in [0.3, 0.4) is 0 Å². The molecule has 9 heteroatoms. The summed E-state index contributed by atoms with van der Waals surface area (Å²) in [7, 11) is 6.15. The number of hydrogen-bond donors (Lipinski definition) is 0. The van der Waals surface area contributed by atoms with Gasteiger partial charge in [0.15, 0.2) is 0 Å². The fourth-order valence-electron chi connectivity index (χ4n) is 3.38. The zero-order chi connectivity index (χ0) is 18.6. The maximum atomic E-state index is 11.0. The molecule has 0 saturated heterocycles. The normalized spacial score (nSPS) is 18.5. The summed E-state index contributed by atoms with van der Waals surface area (Å²) in [5.41, 5.74) is 4.45. The number of likely N-dealkylation sites (N-methyl/N-ethyl adjacent to an activating group) is 1. The predicted molar refractivity (Wildman–Crippen MR) is 119 cm³/mol. The fourth-order valence-corrected chi connectivity index (χ4v) is 6.08. The Morgan fingerprint density at radius 2 is 1.93 bits per heavy atom. The number of nitrogens with zero attached hydrogens (tertiary/aromatic N) is 3. The summed E-state index contributed by atoms with van der Waals surface area (Å²) >= 11 is 0.0471. The van der Waals surface area contributed by atoms with Crippen LogP contribution >= 0.6 is 24.8 Å². The summed E-state index contributed by atoms with van der Waals surface area (Å²) in [6.07, 6.45) is 3.97. The van der Waals surface area contributed by atoms with Crippen LogP contribution in [-0.4, -0.2) is 45.6 Å². The van der Waals surface area contributed by atoms with E-state index in [1.165, 1.54) is 27.5 Å². The molecular formula is C19H21Cl2N3O3Se. The number of anilines is 2. The number of aryl methyl sites for hydroxylation is 1. The fraction of sp³-hybridized carbons (Fsp3) is 0.263. The Hall–Kier alpha value is -1.92. The largest absolute Gasteiger partial charge is 0.147 e. The number of halogens is 2. The SMILES string of the molecule is Cc1cc2c(cc1N(C)C)[Se]C1(C=Cc3cc([N+](=O)[O-])ccc3O1)N2C.Cl.Cl. The second kappa shape index (κ2) is 7.84. The smallest absolute Gasteiger partial charge is 0.147 e. The van der Waals surface area contributed by atoms with Crippen molar-refractivity contribution in [2.75, 3.05) is 30.9 Å². The average molecular weight is 489 g/mol. The van der Waals surface area contributed by atoms with E-state index in [9.17, 15) is 10.1 Å². The van der Waals surface area contributed by atoms with Gasteiger partial charge < -0.3 is 0 Å². The Morgan fingerprint density at radius 1 is 1.21 bits per heavy atom. The Kier molecular flexibility index (Phi) is 6.26. The van der Waals surface area contributed by atoms with E-state index < -0.39 is 4.62 Å². The van der Waals surface area contributed by atoms with Gasteiger partial charge in [0.2, 0.25) is 0 Å². The van der Waals surface area contributed by atoms with Crippen LogP contribution in [0.25, 0.3) is 6.08 Å². The molecule has 28 heavy (non-hydrogen) atoms. The number of non-ortho nitro benzene ring substituents is 1. The molecule has 150 valence electrons. The molecule has 1 unspecified atom stereocenters. The van der Waals surface area contributed by atoms with Crippen LogP contribution in [0.15, 0.2) is 36.4 Å². The molecule has 6 nitrogen and oxygen atoms in total. The van der Waals surface area contributed by atoms with E-state index in [-0.39, 0.29) is 50.4 Å². The molecule has 0 aromatic heterocycles. The minimum Gasteiger partial charge on any atom is -0.147 e. The molecular weight excluding hydrogens is 468 g/mol. The number of ether oxygens (including phenoxy) is 1. The number of hydrogen-bond acceptors (Lipinski definition) is 5. The van der Waals surface area contributed by atoms with Gasteiger partial charge in [-0.1, -0.05) is 0 Å². The van der Waals surface area contributed by atoms with Crippen molar-refractivity contribution in [1.82, 2.24) is 0 Å². The van der Waals surface area contributed by atoms with E-state index >= 15 is 0 Å². The van der Waals surface area contributed by atoms with E-state index in [2.05, 4.69) is 43.0 Å². The second-order valence-electron chi connectivity index (χ2n) is 6.71. The van der Waals surface area contributed by atoms with Crippen molar-refractivity contribution in [3.63, 3.8) is 0 Å². The van der Waals surface area contributed by atoms with Crippen LogP contribution in [0.1, 0.15) is 11.1 Å². The molecule has 0 fully saturated rings. The third-order valence-corrected chi connectivity index (χ3v) is 7.57. The molecule has 0 saturated carbocycles. The Morgan fingerprint density at radius 3 is 2.57 bits per heavy atom. The van der Waals surface area contributed by atoms with Gasteiger partial charge >= 0.3 is 158 Å². The molecule has 2 aromatic rings. The maximum Gasteiger partial charge on any atom is -0.147 e. The van der Waals surface area contributed by atoms with E-state index in [1.54, 1.807) is 12.1 Å². The zero-order valence-electron chi connectivity index (χ0n) is 15.8. The Balaban J connectivity index is 0.00000140.